The van der Waals surface area contributed by atoms with Gasteiger partial charge in [-0.2, -0.15) is 16.4 Å². The molecule has 7 nitrogen and oxygen atoms in total. The quantitative estimate of drug-likeness (QED) is 0.788. The summed E-state index contributed by atoms with van der Waals surface area (Å²) >= 11 is 1.57. The van der Waals surface area contributed by atoms with Gasteiger partial charge in [-0.1, -0.05) is 0 Å². The van der Waals surface area contributed by atoms with E-state index in [-0.39, 0.29) is 29.7 Å². The number of thiophene rings is 1. The molecule has 2 aliphatic heterocycles. The van der Waals surface area contributed by atoms with E-state index in [9.17, 15) is 18.0 Å². The van der Waals surface area contributed by atoms with E-state index in [2.05, 4.69) is 5.10 Å². The molecule has 9 heteroatoms. The number of sulfone groups is 1. The van der Waals surface area contributed by atoms with Gasteiger partial charge >= 0.3 is 0 Å². The van der Waals surface area contributed by atoms with Crippen LogP contribution in [0.3, 0.4) is 0 Å². The van der Waals surface area contributed by atoms with Gasteiger partial charge in [0, 0.05) is 26.4 Å². The number of rotatable bonds is 4. The maximum Gasteiger partial charge on any atom is 0.270 e. The largest absolute Gasteiger partial charge is 0.336 e. The van der Waals surface area contributed by atoms with Gasteiger partial charge < -0.3 is 4.90 Å². The average Bonchev–Trinajstić information content (AvgIpc) is 3.16. The number of hydrogen-bond acceptors (Lipinski definition) is 6. The van der Waals surface area contributed by atoms with Gasteiger partial charge in [0.05, 0.1) is 17.5 Å². The molecule has 0 aliphatic carbocycles. The van der Waals surface area contributed by atoms with Crippen molar-refractivity contribution >= 4 is 38.7 Å². The van der Waals surface area contributed by atoms with Crippen molar-refractivity contribution in [2.75, 3.05) is 18.6 Å². The third kappa shape index (κ3) is 3.67. The first-order chi connectivity index (χ1) is 11.4. The molecular weight excluding hydrogens is 350 g/mol. The van der Waals surface area contributed by atoms with Gasteiger partial charge in [0.25, 0.3) is 5.91 Å². The summed E-state index contributed by atoms with van der Waals surface area (Å²) in [6, 6.07) is 1.50. The summed E-state index contributed by atoms with van der Waals surface area (Å²) in [6.45, 7) is 0.479. The molecule has 0 N–H and O–H groups in total. The molecule has 1 atom stereocenters. The van der Waals surface area contributed by atoms with Gasteiger partial charge in [-0.15, -0.1) is 0 Å². The lowest BCUT2D eigenvalue weighted by Crippen LogP contribution is -2.44. The van der Waals surface area contributed by atoms with Gasteiger partial charge in [0.15, 0.2) is 9.84 Å². The van der Waals surface area contributed by atoms with E-state index in [1.807, 2.05) is 16.8 Å². The standard InChI is InChI=1S/C15H19N3O4S2/c1-17(8-11-4-6-23-9-11)15(20)13-2-3-14(19)18(16-13)12-5-7-24(21,22)10-12/h4,6,9,12H,2-3,5,7-8,10H2,1H3/t12-/m0/s1. The normalized spacial score (nSPS) is 23.2. The summed E-state index contributed by atoms with van der Waals surface area (Å²) in [7, 11) is -1.42. The molecule has 0 saturated carbocycles. The van der Waals surface area contributed by atoms with Crippen molar-refractivity contribution in [3.8, 4) is 0 Å². The number of carbonyl (C=O) groups is 2. The molecule has 130 valence electrons. The summed E-state index contributed by atoms with van der Waals surface area (Å²) in [5, 5.41) is 9.36. The fourth-order valence-electron chi connectivity index (χ4n) is 2.93. The van der Waals surface area contributed by atoms with Crippen LogP contribution < -0.4 is 0 Å². The van der Waals surface area contributed by atoms with E-state index in [1.54, 1.807) is 23.3 Å². The predicted octanol–water partition coefficient (Wildman–Crippen LogP) is 0.872. The van der Waals surface area contributed by atoms with Crippen LogP contribution in [-0.4, -0.2) is 60.4 Å². The molecule has 1 fully saturated rings. The average molecular weight is 369 g/mol. The van der Waals surface area contributed by atoms with Crippen LogP contribution in [0.2, 0.25) is 0 Å². The minimum absolute atomic E-state index is 0.0678. The van der Waals surface area contributed by atoms with E-state index < -0.39 is 15.9 Å². The monoisotopic (exact) mass is 369 g/mol. The van der Waals surface area contributed by atoms with E-state index in [0.29, 0.717) is 25.1 Å². The maximum absolute atomic E-state index is 12.6. The number of hydrogen-bond donors (Lipinski definition) is 0. The second-order valence-corrected chi connectivity index (χ2v) is 9.14. The Bertz CT molecular complexity index is 771. The van der Waals surface area contributed by atoms with E-state index in [1.165, 1.54) is 5.01 Å². The number of hydrazone groups is 1. The van der Waals surface area contributed by atoms with Crippen LogP contribution in [0, 0.1) is 0 Å². The molecule has 0 radical (unpaired) electrons. The van der Waals surface area contributed by atoms with Crippen LogP contribution in [-0.2, 0) is 26.0 Å². The third-order valence-electron chi connectivity index (χ3n) is 4.21. The Labute approximate surface area is 144 Å². The second kappa shape index (κ2) is 6.64. The van der Waals surface area contributed by atoms with Gasteiger partial charge in [0.1, 0.15) is 5.71 Å². The molecule has 0 unspecified atom stereocenters. The lowest BCUT2D eigenvalue weighted by molar-refractivity contribution is -0.134. The Morgan fingerprint density at radius 3 is 2.88 bits per heavy atom. The molecule has 1 saturated heterocycles. The molecule has 2 amide bonds. The van der Waals surface area contributed by atoms with Crippen molar-refractivity contribution in [1.29, 1.82) is 0 Å². The van der Waals surface area contributed by atoms with Crippen LogP contribution in [0.25, 0.3) is 0 Å². The molecule has 3 rings (SSSR count). The van der Waals surface area contributed by atoms with E-state index in [0.717, 1.165) is 5.56 Å². The highest BCUT2D eigenvalue weighted by molar-refractivity contribution is 7.91. The van der Waals surface area contributed by atoms with Crippen LogP contribution in [0.4, 0.5) is 0 Å². The maximum atomic E-state index is 12.6. The molecule has 3 heterocycles. The molecule has 0 spiro atoms. The van der Waals surface area contributed by atoms with Crippen LogP contribution >= 0.6 is 11.3 Å². The highest BCUT2D eigenvalue weighted by Gasteiger charge is 2.37. The summed E-state index contributed by atoms with van der Waals surface area (Å²) < 4.78 is 23.3. The summed E-state index contributed by atoms with van der Waals surface area (Å²) in [4.78, 5) is 26.2. The lowest BCUT2D eigenvalue weighted by atomic mass is 10.1. The fraction of sp³-hybridized carbons (Fsp3) is 0.533. The van der Waals surface area contributed by atoms with Crippen molar-refractivity contribution in [3.63, 3.8) is 0 Å². The first-order valence-corrected chi connectivity index (χ1v) is 10.5. The molecule has 1 aromatic rings. The molecular formula is C15H19N3O4S2. The molecule has 1 aromatic heterocycles. The first-order valence-electron chi connectivity index (χ1n) is 7.72. The summed E-state index contributed by atoms with van der Waals surface area (Å²) in [6.07, 6.45) is 0.860. The predicted molar refractivity (Wildman–Crippen MR) is 91.4 cm³/mol. The number of carbonyl (C=O) groups excluding carboxylic acids is 2. The van der Waals surface area contributed by atoms with Crippen molar-refractivity contribution in [1.82, 2.24) is 9.91 Å². The number of amides is 2. The molecule has 0 bridgehead atoms. The Hall–Kier alpha value is -1.74. The van der Waals surface area contributed by atoms with Gasteiger partial charge in [-0.3, -0.25) is 9.59 Å². The summed E-state index contributed by atoms with van der Waals surface area (Å²) in [5.41, 5.74) is 1.36. The van der Waals surface area contributed by atoms with Crippen LogP contribution in [0.5, 0.6) is 0 Å². The number of nitrogens with zero attached hydrogens (tertiary/aromatic N) is 3. The fourth-order valence-corrected chi connectivity index (χ4v) is 5.28. The van der Waals surface area contributed by atoms with Crippen molar-refractivity contribution < 1.29 is 18.0 Å². The lowest BCUT2D eigenvalue weighted by Gasteiger charge is -2.28. The van der Waals surface area contributed by atoms with Gasteiger partial charge in [0.2, 0.25) is 5.91 Å². The SMILES string of the molecule is CN(Cc1ccsc1)C(=O)C1=NN([C@H]2CCS(=O)(=O)C2)C(=O)CC1. The molecule has 0 aromatic carbocycles. The zero-order chi connectivity index (χ0) is 17.3. The summed E-state index contributed by atoms with van der Waals surface area (Å²) in [5.74, 6) is -0.444. The van der Waals surface area contributed by atoms with Crippen molar-refractivity contribution in [2.45, 2.75) is 31.8 Å². The van der Waals surface area contributed by atoms with Crippen molar-refractivity contribution in [2.24, 2.45) is 5.10 Å². The topological polar surface area (TPSA) is 87.1 Å². The Kier molecular flexibility index (Phi) is 4.73. The Balaban J connectivity index is 1.73. The second-order valence-electron chi connectivity index (χ2n) is 6.13. The smallest absolute Gasteiger partial charge is 0.270 e. The highest BCUT2D eigenvalue weighted by Crippen LogP contribution is 2.22. The van der Waals surface area contributed by atoms with E-state index >= 15 is 0 Å². The van der Waals surface area contributed by atoms with Crippen LogP contribution in [0.1, 0.15) is 24.8 Å². The Morgan fingerprint density at radius 2 is 2.25 bits per heavy atom. The molecule has 24 heavy (non-hydrogen) atoms. The van der Waals surface area contributed by atoms with Crippen LogP contribution in [0.15, 0.2) is 21.9 Å². The molecule has 2 aliphatic rings. The van der Waals surface area contributed by atoms with Gasteiger partial charge in [-0.25, -0.2) is 13.4 Å². The highest BCUT2D eigenvalue weighted by atomic mass is 32.2. The Morgan fingerprint density at radius 1 is 1.46 bits per heavy atom. The minimum atomic E-state index is -3.11. The van der Waals surface area contributed by atoms with Crippen molar-refractivity contribution in [3.05, 3.63) is 22.4 Å². The van der Waals surface area contributed by atoms with Gasteiger partial charge in [-0.05, 0) is 28.8 Å². The minimum Gasteiger partial charge on any atom is -0.336 e. The van der Waals surface area contributed by atoms with E-state index in [4.69, 9.17) is 0 Å². The zero-order valence-corrected chi connectivity index (χ0v) is 15.0. The third-order valence-corrected chi connectivity index (χ3v) is 6.69. The zero-order valence-electron chi connectivity index (χ0n) is 13.3. The first kappa shape index (κ1) is 17.1.